The maximum Gasteiger partial charge on any atom is 0.410 e. The highest BCUT2D eigenvalue weighted by molar-refractivity contribution is 6.34. The highest BCUT2D eigenvalue weighted by Crippen LogP contribution is 2.45. The standard InChI is InChI=1S/C15H23NO5/c1-4-21-15(19)16-8-10-6-5-7-11(10)12(16)9(2)13(17)14(18)20-3/h9-12H,4-8H2,1-3H3. The zero-order valence-electron chi connectivity index (χ0n) is 12.8. The molecule has 4 unspecified atom stereocenters. The first-order valence-electron chi connectivity index (χ1n) is 7.56. The van der Waals surface area contributed by atoms with Crippen molar-refractivity contribution in [1.29, 1.82) is 0 Å². The van der Waals surface area contributed by atoms with E-state index in [9.17, 15) is 14.4 Å². The molecule has 0 aromatic heterocycles. The van der Waals surface area contributed by atoms with E-state index in [0.717, 1.165) is 19.3 Å². The SMILES string of the molecule is CCOC(=O)N1CC2CCCC2C1C(C)C(=O)C(=O)OC. The normalized spacial score (nSPS) is 28.9. The lowest BCUT2D eigenvalue weighted by Crippen LogP contribution is -2.46. The Bertz CT molecular complexity index is 436. The van der Waals surface area contributed by atoms with Crippen molar-refractivity contribution in [3.05, 3.63) is 0 Å². The van der Waals surface area contributed by atoms with Gasteiger partial charge >= 0.3 is 12.1 Å². The van der Waals surface area contributed by atoms with E-state index >= 15 is 0 Å². The molecule has 0 aromatic rings. The third kappa shape index (κ3) is 2.89. The van der Waals surface area contributed by atoms with Gasteiger partial charge in [0, 0.05) is 18.5 Å². The molecule has 1 aliphatic carbocycles. The Kier molecular flexibility index (Phi) is 4.85. The summed E-state index contributed by atoms with van der Waals surface area (Å²) in [6.07, 6.45) is 2.78. The summed E-state index contributed by atoms with van der Waals surface area (Å²) in [4.78, 5) is 37.4. The van der Waals surface area contributed by atoms with E-state index in [4.69, 9.17) is 4.74 Å². The van der Waals surface area contributed by atoms with E-state index in [1.54, 1.807) is 18.7 Å². The zero-order chi connectivity index (χ0) is 15.6. The number of nitrogens with zero attached hydrogens (tertiary/aromatic N) is 1. The number of hydrogen-bond acceptors (Lipinski definition) is 5. The number of Topliss-reactive ketones (excluding diaryl/α,β-unsaturated/α-hetero) is 1. The molecule has 21 heavy (non-hydrogen) atoms. The molecule has 6 heteroatoms. The summed E-state index contributed by atoms with van der Waals surface area (Å²) in [5.41, 5.74) is 0. The average Bonchev–Trinajstić information content (AvgIpc) is 3.05. The molecule has 0 bridgehead atoms. The molecule has 0 radical (unpaired) electrons. The number of carbonyl (C=O) groups excluding carboxylic acids is 3. The molecular weight excluding hydrogens is 274 g/mol. The van der Waals surface area contributed by atoms with Gasteiger partial charge in [-0.15, -0.1) is 0 Å². The summed E-state index contributed by atoms with van der Waals surface area (Å²) in [5.74, 6) is -1.28. The van der Waals surface area contributed by atoms with Crippen molar-refractivity contribution in [2.45, 2.75) is 39.2 Å². The molecule has 0 N–H and O–H groups in total. The lowest BCUT2D eigenvalue weighted by Gasteiger charge is -2.30. The molecule has 1 saturated carbocycles. The van der Waals surface area contributed by atoms with Crippen LogP contribution < -0.4 is 0 Å². The summed E-state index contributed by atoms with van der Waals surface area (Å²) in [7, 11) is 1.20. The Morgan fingerprint density at radius 3 is 2.62 bits per heavy atom. The van der Waals surface area contributed by atoms with Gasteiger partial charge in [-0.1, -0.05) is 13.3 Å². The minimum absolute atomic E-state index is 0.261. The number of ketones is 1. The molecule has 1 amide bonds. The van der Waals surface area contributed by atoms with Crippen molar-refractivity contribution in [3.63, 3.8) is 0 Å². The molecule has 1 aliphatic heterocycles. The number of ether oxygens (including phenoxy) is 2. The fourth-order valence-electron chi connectivity index (χ4n) is 3.83. The molecule has 6 nitrogen and oxygen atoms in total. The van der Waals surface area contributed by atoms with Gasteiger partial charge in [-0.05, 0) is 31.6 Å². The number of esters is 1. The van der Waals surface area contributed by atoms with Crippen LogP contribution in [0.4, 0.5) is 4.79 Å². The first kappa shape index (κ1) is 15.8. The Balaban J connectivity index is 2.20. The van der Waals surface area contributed by atoms with E-state index in [1.165, 1.54) is 7.11 Å². The third-order valence-electron chi connectivity index (χ3n) is 4.76. The van der Waals surface area contributed by atoms with Gasteiger partial charge in [-0.2, -0.15) is 0 Å². The molecule has 2 aliphatic rings. The van der Waals surface area contributed by atoms with E-state index in [0.29, 0.717) is 19.1 Å². The fourth-order valence-corrected chi connectivity index (χ4v) is 3.83. The van der Waals surface area contributed by atoms with E-state index < -0.39 is 17.7 Å². The van der Waals surface area contributed by atoms with Crippen LogP contribution in [0.5, 0.6) is 0 Å². The molecule has 118 valence electrons. The second kappa shape index (κ2) is 6.45. The Morgan fingerprint density at radius 2 is 2.00 bits per heavy atom. The maximum atomic E-state index is 12.1. The second-order valence-electron chi connectivity index (χ2n) is 5.84. The lowest BCUT2D eigenvalue weighted by molar-refractivity contribution is -0.154. The maximum absolute atomic E-state index is 12.1. The predicted molar refractivity (Wildman–Crippen MR) is 74.5 cm³/mol. The fraction of sp³-hybridized carbons (Fsp3) is 0.800. The van der Waals surface area contributed by atoms with Gasteiger partial charge in [0.05, 0.1) is 13.7 Å². The number of carbonyl (C=O) groups is 3. The van der Waals surface area contributed by atoms with Gasteiger partial charge < -0.3 is 14.4 Å². The number of amides is 1. The summed E-state index contributed by atoms with van der Waals surface area (Å²) in [6, 6.07) is -0.261. The summed E-state index contributed by atoms with van der Waals surface area (Å²) < 4.78 is 9.62. The highest BCUT2D eigenvalue weighted by Gasteiger charge is 2.50. The molecule has 2 fully saturated rings. The lowest BCUT2D eigenvalue weighted by atomic mass is 9.84. The quantitative estimate of drug-likeness (QED) is 0.582. The van der Waals surface area contributed by atoms with E-state index in [-0.39, 0.29) is 18.1 Å². The Hall–Kier alpha value is -1.59. The number of methoxy groups -OCH3 is 1. The molecule has 0 spiro atoms. The first-order chi connectivity index (χ1) is 10.0. The van der Waals surface area contributed by atoms with Crippen molar-refractivity contribution in [2.75, 3.05) is 20.3 Å². The smallest absolute Gasteiger partial charge is 0.410 e. The van der Waals surface area contributed by atoms with Crippen LogP contribution in [-0.2, 0) is 19.1 Å². The van der Waals surface area contributed by atoms with Crippen molar-refractivity contribution in [3.8, 4) is 0 Å². The van der Waals surface area contributed by atoms with Crippen LogP contribution in [0.2, 0.25) is 0 Å². The average molecular weight is 297 g/mol. The van der Waals surface area contributed by atoms with Crippen molar-refractivity contribution in [1.82, 2.24) is 4.90 Å². The highest BCUT2D eigenvalue weighted by atomic mass is 16.6. The van der Waals surface area contributed by atoms with Gasteiger partial charge in [0.1, 0.15) is 0 Å². The number of fused-ring (bicyclic) bond motifs is 1. The van der Waals surface area contributed by atoms with Crippen molar-refractivity contribution in [2.24, 2.45) is 17.8 Å². The largest absolute Gasteiger partial charge is 0.463 e. The van der Waals surface area contributed by atoms with Crippen LogP contribution >= 0.6 is 0 Å². The predicted octanol–water partition coefficient (Wildman–Crippen LogP) is 1.62. The molecule has 0 aromatic carbocycles. The molecule has 2 rings (SSSR count). The molecular formula is C15H23NO5. The summed E-state index contributed by atoms with van der Waals surface area (Å²) in [5, 5.41) is 0. The van der Waals surface area contributed by atoms with Gasteiger partial charge in [0.2, 0.25) is 5.78 Å². The second-order valence-corrected chi connectivity index (χ2v) is 5.84. The Labute approximate surface area is 124 Å². The third-order valence-corrected chi connectivity index (χ3v) is 4.76. The number of likely N-dealkylation sites (tertiary alicyclic amines) is 1. The minimum Gasteiger partial charge on any atom is -0.463 e. The van der Waals surface area contributed by atoms with Gasteiger partial charge in [-0.25, -0.2) is 9.59 Å². The van der Waals surface area contributed by atoms with Gasteiger partial charge in [0.15, 0.2) is 0 Å². The monoisotopic (exact) mass is 297 g/mol. The van der Waals surface area contributed by atoms with Crippen LogP contribution in [0.15, 0.2) is 0 Å². The van der Waals surface area contributed by atoms with Crippen molar-refractivity contribution >= 4 is 17.8 Å². The summed E-state index contributed by atoms with van der Waals surface area (Å²) in [6.45, 7) is 4.38. The topological polar surface area (TPSA) is 72.9 Å². The van der Waals surface area contributed by atoms with Gasteiger partial charge in [-0.3, -0.25) is 4.79 Å². The number of hydrogen-bond donors (Lipinski definition) is 0. The van der Waals surface area contributed by atoms with Gasteiger partial charge in [0.25, 0.3) is 0 Å². The molecule has 1 saturated heterocycles. The van der Waals surface area contributed by atoms with Crippen molar-refractivity contribution < 1.29 is 23.9 Å². The van der Waals surface area contributed by atoms with Crippen LogP contribution in [-0.4, -0.2) is 49.0 Å². The number of rotatable bonds is 4. The van der Waals surface area contributed by atoms with Crippen LogP contribution in [0.25, 0.3) is 0 Å². The van der Waals surface area contributed by atoms with Crippen LogP contribution in [0, 0.1) is 17.8 Å². The molecule has 1 heterocycles. The van der Waals surface area contributed by atoms with E-state index in [1.807, 2.05) is 0 Å². The van der Waals surface area contributed by atoms with E-state index in [2.05, 4.69) is 4.74 Å². The van der Waals surface area contributed by atoms with Crippen LogP contribution in [0.3, 0.4) is 0 Å². The summed E-state index contributed by atoms with van der Waals surface area (Å²) >= 11 is 0. The van der Waals surface area contributed by atoms with Crippen LogP contribution in [0.1, 0.15) is 33.1 Å². The zero-order valence-corrected chi connectivity index (χ0v) is 12.8. The minimum atomic E-state index is -0.840. The first-order valence-corrected chi connectivity index (χ1v) is 7.56. The molecule has 4 atom stereocenters. The Morgan fingerprint density at radius 1 is 1.29 bits per heavy atom.